The van der Waals surface area contributed by atoms with E-state index in [4.69, 9.17) is 9.15 Å². The molecule has 3 heterocycles. The molecular formula is C18H24N4O3. The first-order chi connectivity index (χ1) is 12.2. The highest BCUT2D eigenvalue weighted by Crippen LogP contribution is 2.23. The number of urea groups is 1. The summed E-state index contributed by atoms with van der Waals surface area (Å²) in [6, 6.07) is 7.49. The van der Waals surface area contributed by atoms with Crippen molar-refractivity contribution < 1.29 is 13.9 Å². The number of amides is 2. The molecule has 1 atom stereocenters. The molecule has 1 unspecified atom stereocenters. The third-order valence-corrected chi connectivity index (χ3v) is 4.23. The van der Waals surface area contributed by atoms with Crippen LogP contribution < -0.4 is 10.6 Å². The van der Waals surface area contributed by atoms with Gasteiger partial charge in [0.15, 0.2) is 0 Å². The quantitative estimate of drug-likeness (QED) is 0.836. The molecule has 25 heavy (non-hydrogen) atoms. The third-order valence-electron chi connectivity index (χ3n) is 4.23. The number of pyridine rings is 1. The van der Waals surface area contributed by atoms with Gasteiger partial charge in [0.05, 0.1) is 19.3 Å². The smallest absolute Gasteiger partial charge is 0.315 e. The van der Waals surface area contributed by atoms with Crippen molar-refractivity contribution in [2.75, 3.05) is 32.8 Å². The summed E-state index contributed by atoms with van der Waals surface area (Å²) in [5.41, 5.74) is 1.01. The summed E-state index contributed by atoms with van der Waals surface area (Å²) in [4.78, 5) is 18.4. The number of hydrogen-bond donors (Lipinski definition) is 2. The Balaban J connectivity index is 1.55. The lowest BCUT2D eigenvalue weighted by molar-refractivity contribution is 0.0121. The van der Waals surface area contributed by atoms with Gasteiger partial charge in [-0.25, -0.2) is 4.79 Å². The minimum atomic E-state index is -0.196. The first-order valence-electron chi connectivity index (χ1n) is 8.51. The zero-order chi connectivity index (χ0) is 17.5. The minimum absolute atomic E-state index is 0.00396. The monoisotopic (exact) mass is 344 g/mol. The van der Waals surface area contributed by atoms with E-state index in [1.165, 1.54) is 0 Å². The molecule has 2 aromatic rings. The zero-order valence-corrected chi connectivity index (χ0v) is 14.4. The maximum Gasteiger partial charge on any atom is 0.315 e. The molecule has 7 nitrogen and oxygen atoms in total. The van der Waals surface area contributed by atoms with E-state index in [2.05, 4.69) is 20.5 Å². The van der Waals surface area contributed by atoms with E-state index < -0.39 is 0 Å². The Labute approximate surface area is 147 Å². The van der Waals surface area contributed by atoms with Gasteiger partial charge in [-0.2, -0.15) is 0 Å². The predicted molar refractivity (Wildman–Crippen MR) is 93.1 cm³/mol. The summed E-state index contributed by atoms with van der Waals surface area (Å²) >= 11 is 0. The second-order valence-electron chi connectivity index (χ2n) is 6.03. The van der Waals surface area contributed by atoms with Crippen molar-refractivity contribution in [3.63, 3.8) is 0 Å². The minimum Gasteiger partial charge on any atom is -0.465 e. The molecule has 0 saturated carbocycles. The maximum absolute atomic E-state index is 12.1. The molecule has 0 bridgehead atoms. The van der Waals surface area contributed by atoms with Crippen LogP contribution in [0.4, 0.5) is 4.79 Å². The van der Waals surface area contributed by atoms with Crippen LogP contribution in [-0.4, -0.2) is 48.8 Å². The van der Waals surface area contributed by atoms with E-state index in [0.29, 0.717) is 26.3 Å². The molecule has 1 saturated heterocycles. The average molecular weight is 344 g/mol. The fourth-order valence-corrected chi connectivity index (χ4v) is 2.87. The maximum atomic E-state index is 12.1. The van der Waals surface area contributed by atoms with E-state index in [1.807, 2.05) is 31.2 Å². The first-order valence-corrected chi connectivity index (χ1v) is 8.51. The van der Waals surface area contributed by atoms with Crippen molar-refractivity contribution in [1.82, 2.24) is 20.5 Å². The summed E-state index contributed by atoms with van der Waals surface area (Å²) in [6.07, 6.45) is 3.42. The molecule has 3 rings (SSSR count). The normalized spacial score (nSPS) is 16.4. The number of hydrogen-bond acceptors (Lipinski definition) is 5. The van der Waals surface area contributed by atoms with Crippen molar-refractivity contribution in [2.45, 2.75) is 19.5 Å². The van der Waals surface area contributed by atoms with Crippen molar-refractivity contribution >= 4 is 6.03 Å². The molecule has 1 aliphatic heterocycles. The van der Waals surface area contributed by atoms with Gasteiger partial charge in [-0.15, -0.1) is 0 Å². The molecule has 7 heteroatoms. The number of carbonyl (C=O) groups is 1. The molecule has 2 aromatic heterocycles. The van der Waals surface area contributed by atoms with Crippen LogP contribution in [0.1, 0.15) is 23.1 Å². The van der Waals surface area contributed by atoms with E-state index in [1.54, 1.807) is 12.4 Å². The van der Waals surface area contributed by atoms with E-state index >= 15 is 0 Å². The molecule has 0 aliphatic carbocycles. The van der Waals surface area contributed by atoms with Crippen LogP contribution >= 0.6 is 0 Å². The molecular weight excluding hydrogens is 320 g/mol. The molecule has 2 N–H and O–H groups in total. The highest BCUT2D eigenvalue weighted by Gasteiger charge is 2.25. The summed E-state index contributed by atoms with van der Waals surface area (Å²) < 4.78 is 11.2. The zero-order valence-electron chi connectivity index (χ0n) is 14.4. The molecule has 0 radical (unpaired) electrons. The number of aromatic nitrogens is 1. The van der Waals surface area contributed by atoms with Gasteiger partial charge in [-0.05, 0) is 36.8 Å². The van der Waals surface area contributed by atoms with Crippen LogP contribution in [0.25, 0.3) is 0 Å². The lowest BCUT2D eigenvalue weighted by Crippen LogP contribution is -2.45. The first kappa shape index (κ1) is 17.4. The van der Waals surface area contributed by atoms with Crippen molar-refractivity contribution in [3.05, 3.63) is 53.7 Å². The Morgan fingerprint density at radius 3 is 2.64 bits per heavy atom. The van der Waals surface area contributed by atoms with Crippen molar-refractivity contribution in [1.29, 1.82) is 0 Å². The lowest BCUT2D eigenvalue weighted by atomic mass is 10.1. The number of furan rings is 1. The second kappa shape index (κ2) is 8.64. The van der Waals surface area contributed by atoms with Gasteiger partial charge < -0.3 is 19.8 Å². The van der Waals surface area contributed by atoms with Crippen LogP contribution in [0.3, 0.4) is 0 Å². The van der Waals surface area contributed by atoms with Gasteiger partial charge >= 0.3 is 6.03 Å². The van der Waals surface area contributed by atoms with Gasteiger partial charge in [0.25, 0.3) is 0 Å². The third kappa shape index (κ3) is 5.04. The number of carbonyl (C=O) groups excluding carboxylic acids is 1. The molecule has 134 valence electrons. The van der Waals surface area contributed by atoms with Gasteiger partial charge in [-0.3, -0.25) is 9.88 Å². The van der Waals surface area contributed by atoms with Crippen LogP contribution in [0.2, 0.25) is 0 Å². The van der Waals surface area contributed by atoms with Crippen molar-refractivity contribution in [3.8, 4) is 0 Å². The Morgan fingerprint density at radius 1 is 1.20 bits per heavy atom. The number of rotatable bonds is 6. The topological polar surface area (TPSA) is 79.6 Å². The summed E-state index contributed by atoms with van der Waals surface area (Å²) in [5, 5.41) is 5.81. The summed E-state index contributed by atoms with van der Waals surface area (Å²) in [5.74, 6) is 1.74. The lowest BCUT2D eigenvalue weighted by Gasteiger charge is -2.33. The molecule has 0 spiro atoms. The van der Waals surface area contributed by atoms with Gasteiger partial charge in [0.1, 0.15) is 11.5 Å². The van der Waals surface area contributed by atoms with Crippen LogP contribution in [0.5, 0.6) is 0 Å². The fourth-order valence-electron chi connectivity index (χ4n) is 2.87. The van der Waals surface area contributed by atoms with Crippen LogP contribution in [-0.2, 0) is 11.3 Å². The standard InChI is InChI=1S/C18H24N4O3/c1-14-2-3-17(25-14)16(22-8-10-24-11-9-22)13-21-18(23)20-12-15-4-6-19-7-5-15/h2-7,16H,8-13H2,1H3,(H2,20,21,23). The molecule has 1 aliphatic rings. The van der Waals surface area contributed by atoms with Crippen molar-refractivity contribution in [2.24, 2.45) is 0 Å². The number of ether oxygens (including phenoxy) is 1. The predicted octanol–water partition coefficient (Wildman–Crippen LogP) is 1.86. The van der Waals surface area contributed by atoms with Crippen LogP contribution in [0.15, 0.2) is 41.1 Å². The summed E-state index contributed by atoms with van der Waals surface area (Å²) in [6.45, 7) is 5.92. The fraction of sp³-hybridized carbons (Fsp3) is 0.444. The number of aryl methyl sites for hydroxylation is 1. The number of nitrogens with zero attached hydrogens (tertiary/aromatic N) is 2. The highest BCUT2D eigenvalue weighted by atomic mass is 16.5. The van der Waals surface area contributed by atoms with Gasteiger partial charge in [-0.1, -0.05) is 0 Å². The second-order valence-corrected chi connectivity index (χ2v) is 6.03. The Hall–Kier alpha value is -2.38. The number of nitrogens with one attached hydrogen (secondary N) is 2. The van der Waals surface area contributed by atoms with E-state index in [9.17, 15) is 4.79 Å². The molecule has 0 aromatic carbocycles. The largest absolute Gasteiger partial charge is 0.465 e. The molecule has 1 fully saturated rings. The van der Waals surface area contributed by atoms with Crippen LogP contribution in [0, 0.1) is 6.92 Å². The Morgan fingerprint density at radius 2 is 1.96 bits per heavy atom. The Kier molecular flexibility index (Phi) is 6.03. The van der Waals surface area contributed by atoms with Gasteiger partial charge in [0, 0.05) is 38.6 Å². The average Bonchev–Trinajstić information content (AvgIpc) is 3.08. The van der Waals surface area contributed by atoms with E-state index in [0.717, 1.165) is 30.2 Å². The molecule has 2 amide bonds. The number of morpholine rings is 1. The van der Waals surface area contributed by atoms with E-state index in [-0.39, 0.29) is 12.1 Å². The Bertz CT molecular complexity index is 668. The summed E-state index contributed by atoms with van der Waals surface area (Å²) in [7, 11) is 0. The van der Waals surface area contributed by atoms with Gasteiger partial charge in [0.2, 0.25) is 0 Å². The SMILES string of the molecule is Cc1ccc(C(CNC(=O)NCc2ccncc2)N2CCOCC2)o1. The highest BCUT2D eigenvalue weighted by molar-refractivity contribution is 5.73.